The number of carbonyl (C=O) groups excluding carboxylic acids is 2. The van der Waals surface area contributed by atoms with Gasteiger partial charge in [0, 0.05) is 43.2 Å². The van der Waals surface area contributed by atoms with E-state index in [4.69, 9.17) is 0 Å². The van der Waals surface area contributed by atoms with Gasteiger partial charge in [-0.15, -0.1) is 0 Å². The standard InChI is InChI=1S/C17H18N4O4S/c22-16-4-1-13-11-14(2-3-15(13)21-16)26(24,25)20-10-9-19-17(23)12-5-7-18-8-6-12/h2-3,5-8,11,20H,1,4,9-10H2,(H,19,23)(H,21,22). The molecule has 26 heavy (non-hydrogen) atoms. The van der Waals surface area contributed by atoms with Gasteiger partial charge in [-0.05, 0) is 42.3 Å². The van der Waals surface area contributed by atoms with Crippen LogP contribution in [0.25, 0.3) is 0 Å². The van der Waals surface area contributed by atoms with Gasteiger partial charge in [0.25, 0.3) is 5.91 Å². The first-order valence-corrected chi connectivity index (χ1v) is 9.55. The van der Waals surface area contributed by atoms with Crippen LogP contribution in [0.4, 0.5) is 5.69 Å². The Morgan fingerprint density at radius 1 is 1.12 bits per heavy atom. The zero-order valence-electron chi connectivity index (χ0n) is 13.9. The molecule has 1 aromatic heterocycles. The maximum absolute atomic E-state index is 12.4. The second kappa shape index (κ2) is 7.63. The Bertz CT molecular complexity index is 929. The number of anilines is 1. The summed E-state index contributed by atoms with van der Waals surface area (Å²) in [7, 11) is -3.69. The molecule has 8 nitrogen and oxygen atoms in total. The minimum atomic E-state index is -3.69. The molecule has 3 N–H and O–H groups in total. The van der Waals surface area contributed by atoms with Crippen LogP contribution >= 0.6 is 0 Å². The highest BCUT2D eigenvalue weighted by molar-refractivity contribution is 7.89. The number of nitrogens with one attached hydrogen (secondary N) is 3. The molecule has 0 radical (unpaired) electrons. The lowest BCUT2D eigenvalue weighted by atomic mass is 10.0. The molecule has 1 aliphatic heterocycles. The highest BCUT2D eigenvalue weighted by Gasteiger charge is 2.19. The second-order valence-corrected chi connectivity index (χ2v) is 7.52. The highest BCUT2D eigenvalue weighted by atomic mass is 32.2. The Balaban J connectivity index is 1.56. The van der Waals surface area contributed by atoms with Crippen molar-refractivity contribution in [1.82, 2.24) is 15.0 Å². The minimum Gasteiger partial charge on any atom is -0.351 e. The SMILES string of the molecule is O=C1CCc2cc(S(=O)(=O)NCCNC(=O)c3ccncc3)ccc2N1. The fraction of sp³-hybridized carbons (Fsp3) is 0.235. The number of carbonyl (C=O) groups is 2. The third kappa shape index (κ3) is 4.24. The molecule has 0 saturated carbocycles. The Kier molecular flexibility index (Phi) is 5.29. The molecule has 0 saturated heterocycles. The fourth-order valence-electron chi connectivity index (χ4n) is 2.58. The topological polar surface area (TPSA) is 117 Å². The van der Waals surface area contributed by atoms with Gasteiger partial charge in [-0.3, -0.25) is 14.6 Å². The molecule has 1 aromatic carbocycles. The molecule has 0 bridgehead atoms. The van der Waals surface area contributed by atoms with Crippen molar-refractivity contribution in [2.75, 3.05) is 18.4 Å². The summed E-state index contributed by atoms with van der Waals surface area (Å²) in [6, 6.07) is 7.75. The molecule has 2 aromatic rings. The normalized spacial score (nSPS) is 13.6. The molecule has 1 aliphatic rings. The fourth-order valence-corrected chi connectivity index (χ4v) is 3.66. The van der Waals surface area contributed by atoms with E-state index >= 15 is 0 Å². The Labute approximate surface area is 151 Å². The average Bonchev–Trinajstić information content (AvgIpc) is 2.65. The molecule has 0 aliphatic carbocycles. The molecule has 0 atom stereocenters. The van der Waals surface area contributed by atoms with E-state index in [9.17, 15) is 18.0 Å². The lowest BCUT2D eigenvalue weighted by molar-refractivity contribution is -0.116. The molecular weight excluding hydrogens is 356 g/mol. The number of rotatable bonds is 6. The molecule has 0 unspecified atom stereocenters. The summed E-state index contributed by atoms with van der Waals surface area (Å²) < 4.78 is 27.2. The van der Waals surface area contributed by atoms with Crippen LogP contribution < -0.4 is 15.4 Å². The van der Waals surface area contributed by atoms with Gasteiger partial charge in [0.2, 0.25) is 15.9 Å². The van der Waals surface area contributed by atoms with Crippen molar-refractivity contribution in [2.24, 2.45) is 0 Å². The third-order valence-electron chi connectivity index (χ3n) is 3.93. The number of benzene rings is 1. The van der Waals surface area contributed by atoms with E-state index in [1.165, 1.54) is 18.5 Å². The van der Waals surface area contributed by atoms with E-state index in [2.05, 4.69) is 20.3 Å². The molecule has 2 heterocycles. The Morgan fingerprint density at radius 2 is 1.88 bits per heavy atom. The minimum absolute atomic E-state index is 0.0625. The average molecular weight is 374 g/mol. The van der Waals surface area contributed by atoms with Gasteiger partial charge in [0.05, 0.1) is 4.90 Å². The zero-order valence-corrected chi connectivity index (χ0v) is 14.7. The van der Waals surface area contributed by atoms with Gasteiger partial charge < -0.3 is 10.6 Å². The van der Waals surface area contributed by atoms with Crippen LogP contribution in [0.5, 0.6) is 0 Å². The Morgan fingerprint density at radius 3 is 2.65 bits per heavy atom. The van der Waals surface area contributed by atoms with Crippen molar-refractivity contribution in [3.05, 3.63) is 53.9 Å². The smallest absolute Gasteiger partial charge is 0.251 e. The summed E-state index contributed by atoms with van der Waals surface area (Å²) in [4.78, 5) is 27.2. The molecule has 3 rings (SSSR count). The summed E-state index contributed by atoms with van der Waals surface area (Å²) in [6.45, 7) is 0.217. The van der Waals surface area contributed by atoms with Crippen molar-refractivity contribution in [2.45, 2.75) is 17.7 Å². The lowest BCUT2D eigenvalue weighted by Crippen LogP contribution is -2.34. The molecule has 0 spiro atoms. The van der Waals surface area contributed by atoms with Gasteiger partial charge in [-0.1, -0.05) is 0 Å². The molecule has 9 heteroatoms. The first-order chi connectivity index (χ1) is 12.5. The van der Waals surface area contributed by atoms with Crippen LogP contribution in [0.1, 0.15) is 22.3 Å². The summed E-state index contributed by atoms with van der Waals surface area (Å²) >= 11 is 0. The van der Waals surface area contributed by atoms with Crippen LogP contribution in [-0.2, 0) is 21.2 Å². The number of hydrogen-bond donors (Lipinski definition) is 3. The predicted molar refractivity (Wildman–Crippen MR) is 95.2 cm³/mol. The maximum atomic E-state index is 12.4. The van der Waals surface area contributed by atoms with E-state index in [0.717, 1.165) is 5.56 Å². The monoisotopic (exact) mass is 374 g/mol. The summed E-state index contributed by atoms with van der Waals surface area (Å²) in [5.41, 5.74) is 1.89. The number of fused-ring (bicyclic) bond motifs is 1. The van der Waals surface area contributed by atoms with Crippen LogP contribution in [0.3, 0.4) is 0 Å². The number of sulfonamides is 1. The lowest BCUT2D eigenvalue weighted by Gasteiger charge is -2.17. The van der Waals surface area contributed by atoms with E-state index in [-0.39, 0.29) is 29.8 Å². The first-order valence-electron chi connectivity index (χ1n) is 8.06. The quantitative estimate of drug-likeness (QED) is 0.643. The number of aryl methyl sites for hydroxylation is 1. The number of hydrogen-bond acceptors (Lipinski definition) is 5. The van der Waals surface area contributed by atoms with E-state index in [0.29, 0.717) is 24.1 Å². The second-order valence-electron chi connectivity index (χ2n) is 5.76. The van der Waals surface area contributed by atoms with Gasteiger partial charge in [0.1, 0.15) is 0 Å². The molecular formula is C17H18N4O4S. The molecule has 0 fully saturated rings. The summed E-state index contributed by atoms with van der Waals surface area (Å²) in [6.07, 6.45) is 3.86. The van der Waals surface area contributed by atoms with Gasteiger partial charge in [-0.2, -0.15) is 0 Å². The Hall–Kier alpha value is -2.78. The van der Waals surface area contributed by atoms with Crippen LogP contribution in [0.2, 0.25) is 0 Å². The first kappa shape index (κ1) is 18.0. The van der Waals surface area contributed by atoms with Crippen LogP contribution in [0.15, 0.2) is 47.6 Å². The number of nitrogens with zero attached hydrogens (tertiary/aromatic N) is 1. The number of amides is 2. The van der Waals surface area contributed by atoms with Crippen molar-refractivity contribution < 1.29 is 18.0 Å². The van der Waals surface area contributed by atoms with Gasteiger partial charge in [0.15, 0.2) is 0 Å². The van der Waals surface area contributed by atoms with E-state index in [1.54, 1.807) is 24.3 Å². The van der Waals surface area contributed by atoms with Crippen LogP contribution in [0, 0.1) is 0 Å². The van der Waals surface area contributed by atoms with E-state index < -0.39 is 10.0 Å². The zero-order chi connectivity index (χ0) is 18.6. The van der Waals surface area contributed by atoms with Crippen molar-refractivity contribution in [3.8, 4) is 0 Å². The number of pyridine rings is 1. The van der Waals surface area contributed by atoms with Gasteiger partial charge >= 0.3 is 0 Å². The summed E-state index contributed by atoms with van der Waals surface area (Å²) in [5, 5.41) is 5.35. The molecule has 136 valence electrons. The number of aromatic nitrogens is 1. The molecule has 2 amide bonds. The van der Waals surface area contributed by atoms with Gasteiger partial charge in [-0.25, -0.2) is 13.1 Å². The summed E-state index contributed by atoms with van der Waals surface area (Å²) in [5.74, 6) is -0.368. The van der Waals surface area contributed by atoms with E-state index in [1.807, 2.05) is 0 Å². The third-order valence-corrected chi connectivity index (χ3v) is 5.39. The van der Waals surface area contributed by atoms with Crippen LogP contribution in [-0.4, -0.2) is 38.3 Å². The predicted octanol–water partition coefficient (Wildman–Crippen LogP) is 0.675. The van der Waals surface area contributed by atoms with Crippen molar-refractivity contribution in [1.29, 1.82) is 0 Å². The van der Waals surface area contributed by atoms with Crippen molar-refractivity contribution >= 4 is 27.5 Å². The largest absolute Gasteiger partial charge is 0.351 e. The maximum Gasteiger partial charge on any atom is 0.251 e. The van der Waals surface area contributed by atoms with Crippen molar-refractivity contribution in [3.63, 3.8) is 0 Å². The highest BCUT2D eigenvalue weighted by Crippen LogP contribution is 2.25.